The van der Waals surface area contributed by atoms with Gasteiger partial charge in [0.1, 0.15) is 0 Å². The van der Waals surface area contributed by atoms with Crippen molar-refractivity contribution in [2.75, 3.05) is 0 Å². The lowest BCUT2D eigenvalue weighted by molar-refractivity contribution is 0.592. The molecule has 82 valence electrons. The molecule has 0 bridgehead atoms. The number of hydrogen-bond acceptors (Lipinski definition) is 3. The zero-order valence-electron chi connectivity index (χ0n) is 8.17. The van der Waals surface area contributed by atoms with E-state index in [0.29, 0.717) is 0 Å². The summed E-state index contributed by atoms with van der Waals surface area (Å²) >= 11 is 3.26. The summed E-state index contributed by atoms with van der Waals surface area (Å²) in [5.74, 6) is 0. The summed E-state index contributed by atoms with van der Waals surface area (Å²) in [7, 11) is -3.49. The highest BCUT2D eigenvalue weighted by molar-refractivity contribution is 9.10. The van der Waals surface area contributed by atoms with Crippen LogP contribution in [0.3, 0.4) is 0 Å². The Labute approximate surface area is 102 Å². The molecule has 0 aliphatic rings. The molecule has 0 aliphatic carbocycles. The van der Waals surface area contributed by atoms with Gasteiger partial charge in [0.05, 0.1) is 4.90 Å². The molecule has 0 saturated carbocycles. The van der Waals surface area contributed by atoms with Crippen LogP contribution in [0.25, 0.3) is 0 Å². The van der Waals surface area contributed by atoms with E-state index >= 15 is 0 Å². The molecule has 1 aromatic carbocycles. The molecule has 0 atom stereocenters. The molecule has 2 aromatic rings. The third-order valence-corrected chi connectivity index (χ3v) is 4.25. The quantitative estimate of drug-likeness (QED) is 0.856. The average molecular weight is 298 g/mol. The second kappa shape index (κ2) is 4.35. The Balaban J connectivity index is 2.52. The molecular weight excluding hydrogens is 290 g/mol. The third-order valence-electron chi connectivity index (χ3n) is 2.04. The average Bonchev–Trinajstić information content (AvgIpc) is 2.31. The summed E-state index contributed by atoms with van der Waals surface area (Å²) in [6.07, 6.45) is 1.46. The molecule has 1 heterocycles. The Kier molecular flexibility index (Phi) is 3.07. The maximum atomic E-state index is 12.1. The van der Waals surface area contributed by atoms with Gasteiger partial charge in [-0.1, -0.05) is 22.0 Å². The van der Waals surface area contributed by atoms with Gasteiger partial charge in [0.15, 0.2) is 5.03 Å². The van der Waals surface area contributed by atoms with E-state index in [2.05, 4.69) is 20.9 Å². The molecule has 0 amide bonds. The second-order valence-corrected chi connectivity index (χ2v) is 5.94. The van der Waals surface area contributed by atoms with Crippen molar-refractivity contribution < 1.29 is 8.42 Å². The van der Waals surface area contributed by atoms with E-state index in [1.54, 1.807) is 36.4 Å². The highest BCUT2D eigenvalue weighted by Crippen LogP contribution is 2.20. The Morgan fingerprint density at radius 1 is 1.00 bits per heavy atom. The lowest BCUT2D eigenvalue weighted by atomic mass is 10.4. The van der Waals surface area contributed by atoms with Gasteiger partial charge in [0.2, 0.25) is 9.84 Å². The van der Waals surface area contributed by atoms with Crippen LogP contribution in [0.1, 0.15) is 0 Å². The fourth-order valence-corrected chi connectivity index (χ4v) is 2.70. The number of benzene rings is 1. The molecule has 0 saturated heterocycles. The molecule has 0 aliphatic heterocycles. The summed E-state index contributed by atoms with van der Waals surface area (Å²) in [5.41, 5.74) is 0. The normalized spacial score (nSPS) is 11.3. The summed E-state index contributed by atoms with van der Waals surface area (Å²) < 4.78 is 25.0. The van der Waals surface area contributed by atoms with E-state index in [1.165, 1.54) is 12.3 Å². The molecule has 0 fully saturated rings. The van der Waals surface area contributed by atoms with Crippen molar-refractivity contribution in [3.8, 4) is 0 Å². The number of rotatable bonds is 2. The Morgan fingerprint density at radius 3 is 2.25 bits per heavy atom. The SMILES string of the molecule is O=S(=O)(c1ccc(Br)cc1)c1ccccn1. The topological polar surface area (TPSA) is 47.0 Å². The van der Waals surface area contributed by atoms with E-state index in [-0.39, 0.29) is 9.92 Å². The van der Waals surface area contributed by atoms with E-state index < -0.39 is 9.84 Å². The van der Waals surface area contributed by atoms with Crippen molar-refractivity contribution in [2.24, 2.45) is 0 Å². The van der Waals surface area contributed by atoms with E-state index in [1.807, 2.05) is 0 Å². The first-order valence-electron chi connectivity index (χ1n) is 4.52. The first-order valence-corrected chi connectivity index (χ1v) is 6.80. The Bertz CT molecular complexity index is 579. The molecule has 5 heteroatoms. The standard InChI is InChI=1S/C11H8BrNO2S/c12-9-4-6-10(7-5-9)16(14,15)11-3-1-2-8-13-11/h1-8H. The van der Waals surface area contributed by atoms with E-state index in [9.17, 15) is 8.42 Å². The number of sulfone groups is 1. The highest BCUT2D eigenvalue weighted by Gasteiger charge is 2.17. The minimum absolute atomic E-state index is 0.0670. The van der Waals surface area contributed by atoms with Crippen molar-refractivity contribution in [3.63, 3.8) is 0 Å². The monoisotopic (exact) mass is 297 g/mol. The first kappa shape index (κ1) is 11.3. The smallest absolute Gasteiger partial charge is 0.223 e. The van der Waals surface area contributed by atoms with Crippen LogP contribution in [0.15, 0.2) is 63.1 Å². The molecule has 1 aromatic heterocycles. The van der Waals surface area contributed by atoms with E-state index in [0.717, 1.165) is 4.47 Å². The molecule has 3 nitrogen and oxygen atoms in total. The van der Waals surface area contributed by atoms with Crippen molar-refractivity contribution in [1.29, 1.82) is 0 Å². The van der Waals surface area contributed by atoms with Gasteiger partial charge in [0.25, 0.3) is 0 Å². The minimum atomic E-state index is -3.49. The van der Waals surface area contributed by atoms with Crippen molar-refractivity contribution in [2.45, 2.75) is 9.92 Å². The van der Waals surface area contributed by atoms with Crippen molar-refractivity contribution >= 4 is 25.8 Å². The van der Waals surface area contributed by atoms with Gasteiger partial charge in [-0.2, -0.15) is 0 Å². The molecule has 0 N–H and O–H groups in total. The van der Waals surface area contributed by atoms with Gasteiger partial charge >= 0.3 is 0 Å². The van der Waals surface area contributed by atoms with Crippen molar-refractivity contribution in [3.05, 3.63) is 53.1 Å². The summed E-state index contributed by atoms with van der Waals surface area (Å²) in [6, 6.07) is 11.3. The van der Waals surface area contributed by atoms with Crippen LogP contribution in [0.2, 0.25) is 0 Å². The number of nitrogens with zero attached hydrogens (tertiary/aromatic N) is 1. The predicted octanol–water partition coefficient (Wildman–Crippen LogP) is 2.68. The largest absolute Gasteiger partial charge is 0.244 e. The van der Waals surface area contributed by atoms with Gasteiger partial charge in [-0.3, -0.25) is 0 Å². The maximum absolute atomic E-state index is 12.1. The lowest BCUT2D eigenvalue weighted by Gasteiger charge is -2.02. The number of halogens is 1. The van der Waals surface area contributed by atoms with Crippen LogP contribution in [0.5, 0.6) is 0 Å². The fourth-order valence-electron chi connectivity index (χ4n) is 1.24. The van der Waals surface area contributed by atoms with E-state index in [4.69, 9.17) is 0 Å². The number of pyridine rings is 1. The molecule has 16 heavy (non-hydrogen) atoms. The predicted molar refractivity (Wildman–Crippen MR) is 63.8 cm³/mol. The summed E-state index contributed by atoms with van der Waals surface area (Å²) in [4.78, 5) is 4.09. The van der Waals surface area contributed by atoms with Gasteiger partial charge in [-0.05, 0) is 36.4 Å². The summed E-state index contributed by atoms with van der Waals surface area (Å²) in [5, 5.41) is 0.0670. The second-order valence-electron chi connectivity index (χ2n) is 3.13. The minimum Gasteiger partial charge on any atom is -0.244 e. The van der Waals surface area contributed by atoms with Crippen LogP contribution >= 0.6 is 15.9 Å². The molecule has 2 rings (SSSR count). The molecule has 0 radical (unpaired) electrons. The molecular formula is C11H8BrNO2S. The van der Waals surface area contributed by atoms with Crippen LogP contribution < -0.4 is 0 Å². The number of aromatic nitrogens is 1. The molecule has 0 spiro atoms. The van der Waals surface area contributed by atoms with Gasteiger partial charge < -0.3 is 0 Å². The third kappa shape index (κ3) is 2.15. The van der Waals surface area contributed by atoms with Crippen LogP contribution in [0, 0.1) is 0 Å². The highest BCUT2D eigenvalue weighted by atomic mass is 79.9. The van der Waals surface area contributed by atoms with Crippen LogP contribution in [-0.4, -0.2) is 13.4 Å². The van der Waals surface area contributed by atoms with Gasteiger partial charge in [-0.25, -0.2) is 13.4 Å². The number of hydrogen-bond donors (Lipinski definition) is 0. The lowest BCUT2D eigenvalue weighted by Crippen LogP contribution is -2.03. The van der Waals surface area contributed by atoms with Crippen LogP contribution in [0.4, 0.5) is 0 Å². The zero-order chi connectivity index (χ0) is 11.6. The van der Waals surface area contributed by atoms with Gasteiger partial charge in [-0.15, -0.1) is 0 Å². The molecule has 0 unspecified atom stereocenters. The fraction of sp³-hybridized carbons (Fsp3) is 0. The Morgan fingerprint density at radius 2 is 1.69 bits per heavy atom. The van der Waals surface area contributed by atoms with Crippen LogP contribution in [-0.2, 0) is 9.84 Å². The Hall–Kier alpha value is -1.20. The summed E-state index contributed by atoms with van der Waals surface area (Å²) in [6.45, 7) is 0. The maximum Gasteiger partial charge on any atom is 0.223 e. The zero-order valence-corrected chi connectivity index (χ0v) is 10.6. The van der Waals surface area contributed by atoms with Crippen molar-refractivity contribution in [1.82, 2.24) is 4.98 Å². The van der Waals surface area contributed by atoms with Gasteiger partial charge in [0, 0.05) is 10.7 Å². The first-order chi connectivity index (χ1) is 7.60.